The average molecular weight is 325 g/mol. The molecule has 1 aromatic carbocycles. The highest BCUT2D eigenvalue weighted by Gasteiger charge is 2.36. The van der Waals surface area contributed by atoms with Gasteiger partial charge < -0.3 is 10.0 Å². The monoisotopic (exact) mass is 325 g/mol. The molecule has 0 bridgehead atoms. The number of rotatable bonds is 2. The predicted molar refractivity (Wildman–Crippen MR) is 86.0 cm³/mol. The largest absolute Gasteiger partial charge is 0.391 e. The zero-order valence-electron chi connectivity index (χ0n) is 12.8. The van der Waals surface area contributed by atoms with Gasteiger partial charge in [-0.1, -0.05) is 18.2 Å². The SMILES string of the molecule is O=C(c1cccc2nccn12)N1CC(O)CC1c1ccc(F)cc1. The predicted octanol–water partition coefficient (Wildman–Crippen LogP) is 2.42. The lowest BCUT2D eigenvalue weighted by molar-refractivity contribution is 0.0708. The Balaban J connectivity index is 1.72. The van der Waals surface area contributed by atoms with E-state index in [1.807, 2.05) is 6.07 Å². The second-order valence-electron chi connectivity index (χ2n) is 5.98. The zero-order valence-corrected chi connectivity index (χ0v) is 12.8. The van der Waals surface area contributed by atoms with Crippen molar-refractivity contribution < 1.29 is 14.3 Å². The average Bonchev–Trinajstić information content (AvgIpc) is 3.21. The number of aliphatic hydroxyl groups is 1. The number of nitrogens with zero attached hydrogens (tertiary/aromatic N) is 3. The van der Waals surface area contributed by atoms with Gasteiger partial charge in [-0.2, -0.15) is 0 Å². The van der Waals surface area contributed by atoms with Crippen LogP contribution in [0.1, 0.15) is 28.5 Å². The molecule has 4 rings (SSSR count). The molecule has 0 radical (unpaired) electrons. The van der Waals surface area contributed by atoms with Gasteiger partial charge in [-0.15, -0.1) is 0 Å². The molecule has 2 aromatic heterocycles. The molecule has 0 aliphatic carbocycles. The number of aliphatic hydroxyl groups excluding tert-OH is 1. The minimum absolute atomic E-state index is 0.176. The van der Waals surface area contributed by atoms with Crippen molar-refractivity contribution in [3.05, 3.63) is 71.9 Å². The minimum atomic E-state index is -0.592. The number of hydrogen-bond acceptors (Lipinski definition) is 3. The molecule has 6 heteroatoms. The Morgan fingerprint density at radius 3 is 2.79 bits per heavy atom. The third-order valence-electron chi connectivity index (χ3n) is 4.44. The lowest BCUT2D eigenvalue weighted by atomic mass is 10.0. The van der Waals surface area contributed by atoms with E-state index in [1.54, 1.807) is 46.0 Å². The van der Waals surface area contributed by atoms with Crippen molar-refractivity contribution >= 4 is 11.6 Å². The zero-order chi connectivity index (χ0) is 16.7. The standard InChI is InChI=1S/C18H16FN3O2/c19-13-6-4-12(5-7-13)16-10-14(23)11-22(16)18(24)15-2-1-3-17-20-8-9-21(15)17/h1-9,14,16,23H,10-11H2. The number of amides is 1. The maximum absolute atomic E-state index is 13.2. The molecule has 5 nitrogen and oxygen atoms in total. The highest BCUT2D eigenvalue weighted by Crippen LogP contribution is 2.33. The first-order chi connectivity index (χ1) is 11.6. The summed E-state index contributed by atoms with van der Waals surface area (Å²) in [7, 11) is 0. The van der Waals surface area contributed by atoms with Crippen molar-refractivity contribution in [1.82, 2.24) is 14.3 Å². The summed E-state index contributed by atoms with van der Waals surface area (Å²) in [5, 5.41) is 10.1. The second-order valence-corrected chi connectivity index (χ2v) is 5.98. The van der Waals surface area contributed by atoms with Gasteiger partial charge in [0.1, 0.15) is 17.2 Å². The summed E-state index contributed by atoms with van der Waals surface area (Å²) in [5.41, 5.74) is 2.00. The van der Waals surface area contributed by atoms with Crippen molar-refractivity contribution in [1.29, 1.82) is 0 Å². The van der Waals surface area contributed by atoms with Crippen molar-refractivity contribution in [2.75, 3.05) is 6.54 Å². The Bertz CT molecular complexity index is 891. The molecule has 1 aliphatic rings. The number of imidazole rings is 1. The summed E-state index contributed by atoms with van der Waals surface area (Å²) in [6.07, 6.45) is 3.23. The Kier molecular flexibility index (Phi) is 3.54. The van der Waals surface area contributed by atoms with Crippen LogP contribution < -0.4 is 0 Å². The number of likely N-dealkylation sites (tertiary alicyclic amines) is 1. The number of carbonyl (C=O) groups is 1. The third kappa shape index (κ3) is 2.45. The molecular weight excluding hydrogens is 309 g/mol. The van der Waals surface area contributed by atoms with E-state index in [2.05, 4.69) is 4.98 Å². The van der Waals surface area contributed by atoms with Crippen LogP contribution in [0.2, 0.25) is 0 Å². The molecule has 1 fully saturated rings. The summed E-state index contributed by atoms with van der Waals surface area (Å²) in [4.78, 5) is 18.9. The Hall–Kier alpha value is -2.73. The normalized spacial score (nSPS) is 20.7. The van der Waals surface area contributed by atoms with Gasteiger partial charge in [0, 0.05) is 18.9 Å². The van der Waals surface area contributed by atoms with Crippen molar-refractivity contribution in [2.45, 2.75) is 18.6 Å². The minimum Gasteiger partial charge on any atom is -0.391 e. The van der Waals surface area contributed by atoms with Gasteiger partial charge in [0.25, 0.3) is 5.91 Å². The van der Waals surface area contributed by atoms with Crippen LogP contribution in [0.25, 0.3) is 5.65 Å². The van der Waals surface area contributed by atoms with Crippen LogP contribution in [-0.2, 0) is 0 Å². The van der Waals surface area contributed by atoms with Crippen LogP contribution in [0.15, 0.2) is 54.9 Å². The summed E-state index contributed by atoms with van der Waals surface area (Å²) in [5.74, 6) is -0.497. The van der Waals surface area contributed by atoms with Crippen LogP contribution in [0.5, 0.6) is 0 Å². The number of carbonyl (C=O) groups excluding carboxylic acids is 1. The highest BCUT2D eigenvalue weighted by molar-refractivity contribution is 5.93. The van der Waals surface area contributed by atoms with Crippen LogP contribution in [0, 0.1) is 5.82 Å². The van der Waals surface area contributed by atoms with Gasteiger partial charge in [-0.25, -0.2) is 9.37 Å². The third-order valence-corrected chi connectivity index (χ3v) is 4.44. The van der Waals surface area contributed by atoms with Gasteiger partial charge in [0.2, 0.25) is 0 Å². The van der Waals surface area contributed by atoms with Gasteiger partial charge in [-0.3, -0.25) is 9.20 Å². The van der Waals surface area contributed by atoms with Crippen LogP contribution >= 0.6 is 0 Å². The van der Waals surface area contributed by atoms with Crippen LogP contribution in [-0.4, -0.2) is 37.9 Å². The number of hydrogen-bond donors (Lipinski definition) is 1. The smallest absolute Gasteiger partial charge is 0.271 e. The number of benzene rings is 1. The topological polar surface area (TPSA) is 57.8 Å². The lowest BCUT2D eigenvalue weighted by Gasteiger charge is -2.25. The Morgan fingerprint density at radius 2 is 2.00 bits per heavy atom. The Morgan fingerprint density at radius 1 is 1.21 bits per heavy atom. The Labute approximate surface area is 138 Å². The number of halogens is 1. The second kappa shape index (κ2) is 5.72. The van der Waals surface area contributed by atoms with E-state index in [0.717, 1.165) is 5.56 Å². The fourth-order valence-corrected chi connectivity index (χ4v) is 3.31. The van der Waals surface area contributed by atoms with E-state index in [1.165, 1.54) is 12.1 Å². The van der Waals surface area contributed by atoms with Crippen LogP contribution in [0.3, 0.4) is 0 Å². The molecule has 1 N–H and O–H groups in total. The number of pyridine rings is 1. The molecule has 122 valence electrons. The molecule has 0 spiro atoms. The maximum Gasteiger partial charge on any atom is 0.271 e. The molecule has 3 aromatic rings. The van der Waals surface area contributed by atoms with Gasteiger partial charge in [-0.05, 0) is 36.2 Å². The van der Waals surface area contributed by atoms with Gasteiger partial charge >= 0.3 is 0 Å². The van der Waals surface area contributed by atoms with Gasteiger partial charge in [0.05, 0.1) is 12.1 Å². The summed E-state index contributed by atoms with van der Waals surface area (Å²) < 4.78 is 14.9. The van der Waals surface area contributed by atoms with E-state index in [0.29, 0.717) is 17.8 Å². The van der Waals surface area contributed by atoms with E-state index >= 15 is 0 Å². The molecule has 1 aliphatic heterocycles. The first-order valence-corrected chi connectivity index (χ1v) is 7.80. The first-order valence-electron chi connectivity index (χ1n) is 7.80. The summed E-state index contributed by atoms with van der Waals surface area (Å²) in [6.45, 7) is 0.256. The summed E-state index contributed by atoms with van der Waals surface area (Å²) in [6, 6.07) is 11.2. The molecule has 24 heavy (non-hydrogen) atoms. The molecule has 3 heterocycles. The molecule has 2 unspecified atom stereocenters. The van der Waals surface area contributed by atoms with E-state index in [-0.39, 0.29) is 24.3 Å². The molecule has 1 amide bonds. The van der Waals surface area contributed by atoms with Crippen molar-refractivity contribution in [3.8, 4) is 0 Å². The fourth-order valence-electron chi connectivity index (χ4n) is 3.31. The number of aromatic nitrogens is 2. The number of fused-ring (bicyclic) bond motifs is 1. The van der Waals surface area contributed by atoms with Crippen molar-refractivity contribution in [3.63, 3.8) is 0 Å². The van der Waals surface area contributed by atoms with E-state index in [4.69, 9.17) is 0 Å². The quantitative estimate of drug-likeness (QED) is 0.787. The van der Waals surface area contributed by atoms with E-state index in [9.17, 15) is 14.3 Å². The molecular formula is C18H16FN3O2. The lowest BCUT2D eigenvalue weighted by Crippen LogP contribution is -2.33. The van der Waals surface area contributed by atoms with E-state index < -0.39 is 6.10 Å². The first kappa shape index (κ1) is 14.8. The van der Waals surface area contributed by atoms with Gasteiger partial charge in [0.15, 0.2) is 0 Å². The molecule has 0 saturated carbocycles. The molecule has 1 saturated heterocycles. The molecule has 2 atom stereocenters. The highest BCUT2D eigenvalue weighted by atomic mass is 19.1. The van der Waals surface area contributed by atoms with Crippen molar-refractivity contribution in [2.24, 2.45) is 0 Å². The summed E-state index contributed by atoms with van der Waals surface area (Å²) >= 11 is 0. The maximum atomic E-state index is 13.2. The van der Waals surface area contributed by atoms with Crippen LogP contribution in [0.4, 0.5) is 4.39 Å². The number of β-amino-alcohol motifs (C(OH)–C–C–N with tert-alkyl or cyclic N) is 1. The fraction of sp³-hybridized carbons (Fsp3) is 0.222.